The third kappa shape index (κ3) is 4.32. The quantitative estimate of drug-likeness (QED) is 0.728. The monoisotopic (exact) mass is 444 g/mol. The van der Waals surface area contributed by atoms with Crippen LogP contribution >= 0.6 is 0 Å². The molecule has 1 aromatic rings. The van der Waals surface area contributed by atoms with Gasteiger partial charge in [-0.15, -0.1) is 0 Å². The molecule has 1 saturated carbocycles. The number of hydrogen-bond donors (Lipinski definition) is 1. The van der Waals surface area contributed by atoms with Gasteiger partial charge in [0, 0.05) is 31.9 Å². The largest absolute Gasteiger partial charge is 0.368 e. The van der Waals surface area contributed by atoms with Crippen molar-refractivity contribution in [1.29, 1.82) is 0 Å². The minimum Gasteiger partial charge on any atom is -0.368 e. The third-order valence-corrected chi connectivity index (χ3v) is 7.43. The molecule has 1 aromatic carbocycles. The van der Waals surface area contributed by atoms with E-state index >= 15 is 0 Å². The molecule has 2 heterocycles. The molecule has 174 valence electrons. The van der Waals surface area contributed by atoms with Gasteiger partial charge in [-0.05, 0) is 61.3 Å². The summed E-state index contributed by atoms with van der Waals surface area (Å²) in [6, 6.07) is 5.86. The highest BCUT2D eigenvalue weighted by atomic mass is 19.1. The van der Waals surface area contributed by atoms with E-state index in [-0.39, 0.29) is 29.6 Å². The number of carbonyl (C=O) groups excluding carboxylic acids is 3. The Morgan fingerprint density at radius 3 is 2.22 bits per heavy atom. The van der Waals surface area contributed by atoms with Crippen LogP contribution in [0.1, 0.15) is 46.5 Å². The van der Waals surface area contributed by atoms with E-state index in [1.165, 1.54) is 12.1 Å². The fourth-order valence-corrected chi connectivity index (χ4v) is 5.24. The van der Waals surface area contributed by atoms with Crippen LogP contribution in [-0.4, -0.2) is 65.9 Å². The molecule has 1 spiro atoms. The number of benzene rings is 1. The van der Waals surface area contributed by atoms with Crippen molar-refractivity contribution in [2.75, 3.05) is 37.6 Å². The van der Waals surface area contributed by atoms with Crippen LogP contribution in [0.15, 0.2) is 24.3 Å². The molecule has 3 fully saturated rings. The summed E-state index contributed by atoms with van der Waals surface area (Å²) in [6.07, 6.45) is 3.03. The van der Waals surface area contributed by atoms with Crippen LogP contribution in [0.25, 0.3) is 0 Å². The number of rotatable bonds is 3. The average molecular weight is 445 g/mol. The number of nitrogens with one attached hydrogen (secondary N) is 1. The van der Waals surface area contributed by atoms with Gasteiger partial charge in [-0.1, -0.05) is 20.8 Å². The molecular weight excluding hydrogens is 411 g/mol. The summed E-state index contributed by atoms with van der Waals surface area (Å²) in [4.78, 5) is 43.5. The molecule has 2 aliphatic heterocycles. The molecule has 0 radical (unpaired) electrons. The smallest absolute Gasteiger partial charge is 0.325 e. The van der Waals surface area contributed by atoms with Gasteiger partial charge in [0.05, 0.1) is 0 Å². The zero-order valence-electron chi connectivity index (χ0n) is 19.2. The van der Waals surface area contributed by atoms with Crippen LogP contribution in [-0.2, 0) is 9.59 Å². The molecule has 4 amide bonds. The van der Waals surface area contributed by atoms with Crippen molar-refractivity contribution < 1.29 is 18.8 Å². The minimum absolute atomic E-state index is 0.180. The molecule has 0 unspecified atom stereocenters. The van der Waals surface area contributed by atoms with Gasteiger partial charge in [-0.2, -0.15) is 0 Å². The van der Waals surface area contributed by atoms with Crippen molar-refractivity contribution in [1.82, 2.24) is 15.1 Å². The van der Waals surface area contributed by atoms with Gasteiger partial charge in [-0.3, -0.25) is 14.5 Å². The van der Waals surface area contributed by atoms with Crippen molar-refractivity contribution in [3.05, 3.63) is 30.1 Å². The van der Waals surface area contributed by atoms with Gasteiger partial charge in [0.2, 0.25) is 5.91 Å². The molecule has 1 N–H and O–H groups in total. The predicted molar refractivity (Wildman–Crippen MR) is 120 cm³/mol. The third-order valence-electron chi connectivity index (χ3n) is 7.43. The van der Waals surface area contributed by atoms with Crippen LogP contribution in [0.3, 0.4) is 0 Å². The first-order valence-electron chi connectivity index (χ1n) is 11.5. The number of amides is 4. The van der Waals surface area contributed by atoms with Crippen LogP contribution in [0.5, 0.6) is 0 Å². The Labute approximate surface area is 188 Å². The Morgan fingerprint density at radius 2 is 1.66 bits per heavy atom. The highest BCUT2D eigenvalue weighted by molar-refractivity contribution is 6.09. The number of imide groups is 1. The zero-order chi connectivity index (χ0) is 23.1. The standard InChI is InChI=1S/C24H33FN4O3/c1-23(2,3)17-8-10-24(11-9-17)21(31)29(22(32)26-24)16-20(30)28-14-12-27(13-15-28)19-6-4-18(25)5-7-19/h4-7,17H,8-16H2,1-3H3,(H,26,32). The summed E-state index contributed by atoms with van der Waals surface area (Å²) in [6.45, 7) is 8.66. The minimum atomic E-state index is -0.847. The number of nitrogens with zero attached hydrogens (tertiary/aromatic N) is 3. The van der Waals surface area contributed by atoms with Crippen molar-refractivity contribution in [3.63, 3.8) is 0 Å². The SMILES string of the molecule is CC(C)(C)C1CCC2(CC1)NC(=O)N(CC(=O)N1CCN(c3ccc(F)cc3)CC1)C2=O. The van der Waals surface area contributed by atoms with Gasteiger partial charge < -0.3 is 15.1 Å². The molecule has 0 atom stereocenters. The fraction of sp³-hybridized carbons (Fsp3) is 0.625. The maximum absolute atomic E-state index is 13.2. The lowest BCUT2D eigenvalue weighted by Crippen LogP contribution is -2.53. The topological polar surface area (TPSA) is 73.0 Å². The van der Waals surface area contributed by atoms with Crippen LogP contribution < -0.4 is 10.2 Å². The van der Waals surface area contributed by atoms with E-state index in [0.717, 1.165) is 23.4 Å². The van der Waals surface area contributed by atoms with Crippen molar-refractivity contribution in [2.24, 2.45) is 11.3 Å². The molecule has 1 aliphatic carbocycles. The summed E-state index contributed by atoms with van der Waals surface area (Å²) >= 11 is 0. The number of piperazine rings is 1. The van der Waals surface area contributed by atoms with Gasteiger partial charge in [0.15, 0.2) is 0 Å². The Bertz CT molecular complexity index is 880. The highest BCUT2D eigenvalue weighted by Gasteiger charge is 2.53. The summed E-state index contributed by atoms with van der Waals surface area (Å²) < 4.78 is 13.1. The summed E-state index contributed by atoms with van der Waals surface area (Å²) in [5.41, 5.74) is 0.250. The summed E-state index contributed by atoms with van der Waals surface area (Å²) in [5.74, 6) is -0.229. The maximum Gasteiger partial charge on any atom is 0.325 e. The van der Waals surface area contributed by atoms with E-state index < -0.39 is 11.6 Å². The Kier molecular flexibility index (Phi) is 5.90. The lowest BCUT2D eigenvalue weighted by Gasteiger charge is -2.40. The highest BCUT2D eigenvalue weighted by Crippen LogP contribution is 2.43. The first-order chi connectivity index (χ1) is 15.1. The molecule has 3 aliphatic rings. The number of halogens is 1. The van der Waals surface area contributed by atoms with Crippen molar-refractivity contribution >= 4 is 23.5 Å². The van der Waals surface area contributed by atoms with E-state index in [0.29, 0.717) is 44.9 Å². The first kappa shape index (κ1) is 22.6. The van der Waals surface area contributed by atoms with Crippen molar-refractivity contribution in [2.45, 2.75) is 52.0 Å². The number of anilines is 1. The zero-order valence-corrected chi connectivity index (χ0v) is 19.2. The molecule has 32 heavy (non-hydrogen) atoms. The van der Waals surface area contributed by atoms with E-state index in [9.17, 15) is 18.8 Å². The van der Waals surface area contributed by atoms with Crippen LogP contribution in [0.2, 0.25) is 0 Å². The second-order valence-corrected chi connectivity index (χ2v) is 10.4. The maximum atomic E-state index is 13.2. The molecular formula is C24H33FN4O3. The van der Waals surface area contributed by atoms with Gasteiger partial charge >= 0.3 is 6.03 Å². The Morgan fingerprint density at radius 1 is 1.06 bits per heavy atom. The Hall–Kier alpha value is -2.64. The van der Waals surface area contributed by atoms with Gasteiger partial charge in [0.1, 0.15) is 17.9 Å². The summed E-state index contributed by atoms with van der Waals surface area (Å²) in [5, 5.41) is 2.91. The van der Waals surface area contributed by atoms with E-state index in [1.807, 2.05) is 0 Å². The normalized spacial score (nSPS) is 26.6. The van der Waals surface area contributed by atoms with E-state index in [1.54, 1.807) is 17.0 Å². The molecule has 7 nitrogen and oxygen atoms in total. The molecule has 2 saturated heterocycles. The second kappa shape index (κ2) is 8.37. The van der Waals surface area contributed by atoms with E-state index in [4.69, 9.17) is 0 Å². The average Bonchev–Trinajstić information content (AvgIpc) is 2.98. The van der Waals surface area contributed by atoms with E-state index in [2.05, 4.69) is 31.0 Å². The number of urea groups is 1. The van der Waals surface area contributed by atoms with Crippen molar-refractivity contribution in [3.8, 4) is 0 Å². The second-order valence-electron chi connectivity index (χ2n) is 10.4. The molecule has 8 heteroatoms. The summed E-state index contributed by atoms with van der Waals surface area (Å²) in [7, 11) is 0. The van der Waals surface area contributed by atoms with Gasteiger partial charge in [0.25, 0.3) is 5.91 Å². The lowest BCUT2D eigenvalue weighted by atomic mass is 9.67. The number of hydrogen-bond acceptors (Lipinski definition) is 4. The number of carbonyl (C=O) groups is 3. The van der Waals surface area contributed by atoms with Gasteiger partial charge in [-0.25, -0.2) is 9.18 Å². The first-order valence-corrected chi connectivity index (χ1v) is 11.5. The lowest BCUT2D eigenvalue weighted by molar-refractivity contribution is -0.140. The predicted octanol–water partition coefficient (Wildman–Crippen LogP) is 3.00. The molecule has 4 rings (SSSR count). The molecule has 0 aromatic heterocycles. The van der Waals surface area contributed by atoms with Crippen LogP contribution in [0, 0.1) is 17.2 Å². The van der Waals surface area contributed by atoms with Crippen LogP contribution in [0.4, 0.5) is 14.9 Å². The fourth-order valence-electron chi connectivity index (χ4n) is 5.24. The Balaban J connectivity index is 1.32. The molecule has 0 bridgehead atoms.